The number of nitrogens with one attached hydrogen (secondary N) is 2. The van der Waals surface area contributed by atoms with Crippen LogP contribution in [-0.2, 0) is 16.1 Å². The molecule has 2 atom stereocenters. The van der Waals surface area contributed by atoms with Gasteiger partial charge in [0, 0.05) is 12.1 Å². The quantitative estimate of drug-likeness (QED) is 0.737. The zero-order valence-electron chi connectivity index (χ0n) is 10.9. The van der Waals surface area contributed by atoms with Gasteiger partial charge in [0.15, 0.2) is 0 Å². The molecule has 2 N–H and O–H groups in total. The van der Waals surface area contributed by atoms with Crippen molar-refractivity contribution in [2.45, 2.75) is 12.6 Å². The van der Waals surface area contributed by atoms with E-state index >= 15 is 0 Å². The first-order valence-electron chi connectivity index (χ1n) is 6.59. The van der Waals surface area contributed by atoms with Crippen molar-refractivity contribution < 1.29 is 14.4 Å². The second kappa shape index (κ2) is 7.48. The van der Waals surface area contributed by atoms with Crippen LogP contribution in [0.3, 0.4) is 0 Å². The summed E-state index contributed by atoms with van der Waals surface area (Å²) in [5, 5.41) is 2.78. The van der Waals surface area contributed by atoms with Gasteiger partial charge in [-0.05, 0) is 0 Å². The van der Waals surface area contributed by atoms with Gasteiger partial charge in [-0.15, -0.1) is 11.6 Å². The average Bonchev–Trinajstić information content (AvgIpc) is 2.46. The van der Waals surface area contributed by atoms with E-state index in [0.29, 0.717) is 6.54 Å². The molecule has 1 aromatic carbocycles. The molecule has 5 heteroatoms. The molecular formula is C14H20ClN2O2+. The van der Waals surface area contributed by atoms with Gasteiger partial charge in [-0.3, -0.25) is 4.79 Å². The van der Waals surface area contributed by atoms with E-state index in [1.165, 1.54) is 10.5 Å². The van der Waals surface area contributed by atoms with E-state index in [-0.39, 0.29) is 17.9 Å². The highest BCUT2D eigenvalue weighted by molar-refractivity contribution is 6.27. The Labute approximate surface area is 118 Å². The molecule has 0 radical (unpaired) electrons. The molecule has 104 valence electrons. The van der Waals surface area contributed by atoms with Gasteiger partial charge in [0.2, 0.25) is 5.91 Å². The van der Waals surface area contributed by atoms with Gasteiger partial charge in [0.1, 0.15) is 31.6 Å². The van der Waals surface area contributed by atoms with Gasteiger partial charge in [-0.1, -0.05) is 30.3 Å². The number of hydrogen-bond acceptors (Lipinski definition) is 2. The Morgan fingerprint density at radius 3 is 2.95 bits per heavy atom. The molecule has 0 aliphatic carbocycles. The molecule has 1 heterocycles. The Bertz CT molecular complexity index is 400. The third kappa shape index (κ3) is 4.82. The Hall–Kier alpha value is -1.10. The number of halogens is 1. The van der Waals surface area contributed by atoms with Crippen molar-refractivity contribution in [2.75, 3.05) is 32.1 Å². The number of ether oxygens (including phenoxy) is 1. The molecule has 0 spiro atoms. The monoisotopic (exact) mass is 283 g/mol. The molecule has 1 fully saturated rings. The van der Waals surface area contributed by atoms with Crippen LogP contribution in [0.15, 0.2) is 30.3 Å². The highest BCUT2D eigenvalue weighted by atomic mass is 35.5. The van der Waals surface area contributed by atoms with Crippen molar-refractivity contribution in [2.24, 2.45) is 0 Å². The molecule has 0 bridgehead atoms. The number of carbonyl (C=O) groups excluding carboxylic acids is 1. The minimum atomic E-state index is -0.138. The summed E-state index contributed by atoms with van der Waals surface area (Å²) in [4.78, 5) is 12.6. The first kappa shape index (κ1) is 14.3. The molecular weight excluding hydrogens is 264 g/mol. The summed E-state index contributed by atoms with van der Waals surface area (Å²) in [5.74, 6) is -0.131. The third-order valence-electron chi connectivity index (χ3n) is 3.27. The number of alkyl halides is 1. The van der Waals surface area contributed by atoms with Gasteiger partial charge in [-0.2, -0.15) is 0 Å². The lowest BCUT2D eigenvalue weighted by atomic mass is 10.2. The van der Waals surface area contributed by atoms with Crippen molar-refractivity contribution in [1.29, 1.82) is 0 Å². The van der Waals surface area contributed by atoms with E-state index in [1.54, 1.807) is 0 Å². The first-order chi connectivity index (χ1) is 9.28. The Morgan fingerprint density at radius 1 is 1.42 bits per heavy atom. The molecule has 1 amide bonds. The highest BCUT2D eigenvalue weighted by Crippen LogP contribution is 1.97. The largest absolute Gasteiger partial charge is 0.365 e. The second-order valence-electron chi connectivity index (χ2n) is 4.80. The molecule has 1 aromatic rings. The molecule has 2 rings (SSSR count). The van der Waals surface area contributed by atoms with Gasteiger partial charge in [0.05, 0.1) is 6.61 Å². The van der Waals surface area contributed by atoms with Gasteiger partial charge in [-0.25, -0.2) is 0 Å². The summed E-state index contributed by atoms with van der Waals surface area (Å²) < 4.78 is 5.66. The van der Waals surface area contributed by atoms with Crippen LogP contribution >= 0.6 is 11.6 Å². The first-order valence-corrected chi connectivity index (χ1v) is 7.13. The number of rotatable bonds is 5. The molecule has 0 saturated carbocycles. The van der Waals surface area contributed by atoms with Crippen LogP contribution in [0, 0.1) is 0 Å². The Kier molecular flexibility index (Phi) is 5.63. The lowest BCUT2D eigenvalue weighted by Gasteiger charge is -2.30. The highest BCUT2D eigenvalue weighted by Gasteiger charge is 2.23. The van der Waals surface area contributed by atoms with Crippen LogP contribution < -0.4 is 10.2 Å². The van der Waals surface area contributed by atoms with Gasteiger partial charge >= 0.3 is 0 Å². The van der Waals surface area contributed by atoms with Crippen molar-refractivity contribution in [3.05, 3.63) is 35.9 Å². The molecule has 4 nitrogen and oxygen atoms in total. The van der Waals surface area contributed by atoms with Crippen LogP contribution in [0.2, 0.25) is 0 Å². The second-order valence-corrected chi connectivity index (χ2v) is 5.06. The maximum Gasteiger partial charge on any atom is 0.235 e. The number of amides is 1. The predicted octanol–water partition coefficient (Wildman–Crippen LogP) is -0.175. The zero-order chi connectivity index (χ0) is 13.5. The Balaban J connectivity index is 1.79. The lowest BCUT2D eigenvalue weighted by Crippen LogP contribution is -3.13. The van der Waals surface area contributed by atoms with Crippen LogP contribution in [0.5, 0.6) is 0 Å². The summed E-state index contributed by atoms with van der Waals surface area (Å²) in [7, 11) is 0. The molecule has 1 saturated heterocycles. The Morgan fingerprint density at radius 2 is 2.21 bits per heavy atom. The fourth-order valence-corrected chi connectivity index (χ4v) is 2.40. The summed E-state index contributed by atoms with van der Waals surface area (Å²) in [6.07, 6.45) is 0.0830. The fourth-order valence-electron chi connectivity index (χ4n) is 2.30. The lowest BCUT2D eigenvalue weighted by molar-refractivity contribution is -0.925. The normalized spacial score (nSPS) is 23.0. The standard InChI is InChI=1S/C14H19ClN2O2/c15-8-14(18)16-9-13-11-17(6-7-19-13)10-12-4-2-1-3-5-12/h1-5,13H,6-11H2,(H,16,18)/p+1/t13-/m0/s1. The fraction of sp³-hybridized carbons (Fsp3) is 0.500. The van der Waals surface area contributed by atoms with Crippen LogP contribution in [0.4, 0.5) is 0 Å². The van der Waals surface area contributed by atoms with E-state index in [2.05, 4.69) is 29.6 Å². The number of carbonyl (C=O) groups is 1. The van der Waals surface area contributed by atoms with Gasteiger partial charge < -0.3 is 15.0 Å². The predicted molar refractivity (Wildman–Crippen MR) is 74.3 cm³/mol. The van der Waals surface area contributed by atoms with E-state index < -0.39 is 0 Å². The van der Waals surface area contributed by atoms with Gasteiger partial charge in [0.25, 0.3) is 0 Å². The minimum Gasteiger partial charge on any atom is -0.365 e. The molecule has 1 unspecified atom stereocenters. The van der Waals surface area contributed by atoms with E-state index in [9.17, 15) is 4.79 Å². The van der Waals surface area contributed by atoms with E-state index in [1.807, 2.05) is 6.07 Å². The van der Waals surface area contributed by atoms with Crippen molar-refractivity contribution in [1.82, 2.24) is 5.32 Å². The van der Waals surface area contributed by atoms with Crippen molar-refractivity contribution in [3.63, 3.8) is 0 Å². The minimum absolute atomic E-state index is 0.00725. The van der Waals surface area contributed by atoms with E-state index in [0.717, 1.165) is 26.2 Å². The SMILES string of the molecule is O=C(CCl)NC[C@H]1C[NH+](Cc2ccccc2)CCO1. The third-order valence-corrected chi connectivity index (χ3v) is 3.51. The topological polar surface area (TPSA) is 42.8 Å². The molecule has 1 aliphatic heterocycles. The molecule has 19 heavy (non-hydrogen) atoms. The average molecular weight is 284 g/mol. The maximum absolute atomic E-state index is 11.1. The van der Waals surface area contributed by atoms with Crippen LogP contribution in [0.1, 0.15) is 5.56 Å². The zero-order valence-corrected chi connectivity index (χ0v) is 11.7. The molecule has 0 aromatic heterocycles. The number of morpholine rings is 1. The number of hydrogen-bond donors (Lipinski definition) is 2. The van der Waals surface area contributed by atoms with Crippen molar-refractivity contribution >= 4 is 17.5 Å². The number of benzene rings is 1. The van der Waals surface area contributed by atoms with Crippen molar-refractivity contribution in [3.8, 4) is 0 Å². The maximum atomic E-state index is 11.1. The summed E-state index contributed by atoms with van der Waals surface area (Å²) >= 11 is 5.45. The smallest absolute Gasteiger partial charge is 0.235 e. The van der Waals surface area contributed by atoms with Crippen LogP contribution in [-0.4, -0.2) is 44.1 Å². The van der Waals surface area contributed by atoms with E-state index in [4.69, 9.17) is 16.3 Å². The molecule has 1 aliphatic rings. The van der Waals surface area contributed by atoms with Crippen LogP contribution in [0.25, 0.3) is 0 Å². The summed E-state index contributed by atoms with van der Waals surface area (Å²) in [6.45, 7) is 4.21. The summed E-state index contributed by atoms with van der Waals surface area (Å²) in [5.41, 5.74) is 1.34. The number of quaternary nitrogens is 1. The summed E-state index contributed by atoms with van der Waals surface area (Å²) in [6, 6.07) is 10.4.